The molecule has 0 aliphatic rings. The Kier molecular flexibility index (Phi) is 5.66. The predicted octanol–water partition coefficient (Wildman–Crippen LogP) is 4.33. The zero-order valence-electron chi connectivity index (χ0n) is 12.9. The van der Waals surface area contributed by atoms with Gasteiger partial charge < -0.3 is 14.6 Å². The normalized spacial score (nSPS) is 10.7. The van der Waals surface area contributed by atoms with Crippen molar-refractivity contribution < 1.29 is 19.4 Å². The van der Waals surface area contributed by atoms with Crippen LogP contribution in [0.25, 0.3) is 6.08 Å². The molecule has 0 heterocycles. The Bertz CT molecular complexity index is 738. The van der Waals surface area contributed by atoms with Crippen molar-refractivity contribution in [2.24, 2.45) is 0 Å². The molecule has 2 aromatic rings. The maximum atomic E-state index is 10.6. The second-order valence-electron chi connectivity index (χ2n) is 4.92. The lowest BCUT2D eigenvalue weighted by atomic mass is 10.1. The molecule has 0 amide bonds. The third-order valence-electron chi connectivity index (χ3n) is 3.30. The Morgan fingerprint density at radius 3 is 2.70 bits per heavy atom. The average Bonchev–Trinajstić information content (AvgIpc) is 2.52. The van der Waals surface area contributed by atoms with Crippen LogP contribution in [0.5, 0.6) is 11.5 Å². The quantitative estimate of drug-likeness (QED) is 0.800. The number of carbonyl (C=O) groups is 1. The van der Waals surface area contributed by atoms with Crippen LogP contribution in [0.1, 0.15) is 16.7 Å². The number of methoxy groups -OCH3 is 1. The van der Waals surface area contributed by atoms with Crippen molar-refractivity contribution in [3.63, 3.8) is 0 Å². The molecule has 0 unspecified atom stereocenters. The van der Waals surface area contributed by atoms with Gasteiger partial charge in [-0.2, -0.15) is 0 Å². The van der Waals surface area contributed by atoms with Gasteiger partial charge in [-0.3, -0.25) is 0 Å². The van der Waals surface area contributed by atoms with Crippen molar-refractivity contribution in [2.75, 3.05) is 7.11 Å². The van der Waals surface area contributed by atoms with Gasteiger partial charge in [0.15, 0.2) is 11.5 Å². The molecule has 2 rings (SSSR count). The average molecular weight is 333 g/mol. The summed E-state index contributed by atoms with van der Waals surface area (Å²) >= 11 is 6.25. The molecule has 0 bridgehead atoms. The highest BCUT2D eigenvalue weighted by Crippen LogP contribution is 2.37. The molecule has 0 radical (unpaired) electrons. The first kappa shape index (κ1) is 16.9. The number of halogens is 1. The lowest BCUT2D eigenvalue weighted by Gasteiger charge is -2.14. The van der Waals surface area contributed by atoms with Crippen LogP contribution in [0.3, 0.4) is 0 Å². The number of ether oxygens (including phenoxy) is 2. The first-order valence-electron chi connectivity index (χ1n) is 6.97. The number of hydrogen-bond acceptors (Lipinski definition) is 3. The smallest absolute Gasteiger partial charge is 0.328 e. The highest BCUT2D eigenvalue weighted by molar-refractivity contribution is 6.32. The van der Waals surface area contributed by atoms with Gasteiger partial charge in [-0.15, -0.1) is 0 Å². The molecule has 4 nitrogen and oxygen atoms in total. The fourth-order valence-electron chi connectivity index (χ4n) is 2.07. The molecule has 0 fully saturated rings. The van der Waals surface area contributed by atoms with E-state index >= 15 is 0 Å². The van der Waals surface area contributed by atoms with Gasteiger partial charge in [-0.25, -0.2) is 4.79 Å². The molecule has 5 heteroatoms. The van der Waals surface area contributed by atoms with Crippen LogP contribution in [0.4, 0.5) is 0 Å². The first-order chi connectivity index (χ1) is 11.0. The van der Waals surface area contributed by atoms with Gasteiger partial charge in [0.1, 0.15) is 6.61 Å². The summed E-state index contributed by atoms with van der Waals surface area (Å²) in [4.78, 5) is 10.6. The topological polar surface area (TPSA) is 55.8 Å². The van der Waals surface area contributed by atoms with Gasteiger partial charge >= 0.3 is 5.97 Å². The molecule has 1 N–H and O–H groups in total. The zero-order chi connectivity index (χ0) is 16.8. The van der Waals surface area contributed by atoms with Gasteiger partial charge in [-0.1, -0.05) is 35.9 Å². The van der Waals surface area contributed by atoms with Crippen molar-refractivity contribution in [2.45, 2.75) is 13.5 Å². The zero-order valence-corrected chi connectivity index (χ0v) is 13.6. The first-order valence-corrected chi connectivity index (χ1v) is 7.35. The van der Waals surface area contributed by atoms with Gasteiger partial charge in [0, 0.05) is 6.08 Å². The fraction of sp³-hybridized carbons (Fsp3) is 0.167. The summed E-state index contributed by atoms with van der Waals surface area (Å²) in [6.45, 7) is 2.38. The minimum Gasteiger partial charge on any atom is -0.493 e. The molecule has 0 atom stereocenters. The van der Waals surface area contributed by atoms with Crippen LogP contribution in [-0.4, -0.2) is 18.2 Å². The van der Waals surface area contributed by atoms with Crippen molar-refractivity contribution in [3.8, 4) is 11.5 Å². The highest BCUT2D eigenvalue weighted by atomic mass is 35.5. The van der Waals surface area contributed by atoms with E-state index < -0.39 is 5.97 Å². The van der Waals surface area contributed by atoms with E-state index in [0.29, 0.717) is 28.7 Å². The molecule has 0 saturated heterocycles. The monoisotopic (exact) mass is 332 g/mol. The van der Waals surface area contributed by atoms with Gasteiger partial charge in [0.2, 0.25) is 0 Å². The molecule has 23 heavy (non-hydrogen) atoms. The van der Waals surface area contributed by atoms with E-state index in [-0.39, 0.29) is 0 Å². The maximum Gasteiger partial charge on any atom is 0.328 e. The van der Waals surface area contributed by atoms with Gasteiger partial charge in [0.05, 0.1) is 12.1 Å². The minimum atomic E-state index is -1.03. The van der Waals surface area contributed by atoms with Crippen molar-refractivity contribution in [1.29, 1.82) is 0 Å². The van der Waals surface area contributed by atoms with Gasteiger partial charge in [-0.05, 0) is 41.8 Å². The van der Waals surface area contributed by atoms with Crippen LogP contribution in [0.15, 0.2) is 42.5 Å². The van der Waals surface area contributed by atoms with Crippen molar-refractivity contribution in [1.82, 2.24) is 0 Å². The third-order valence-corrected chi connectivity index (χ3v) is 3.58. The Hall–Kier alpha value is -2.46. The summed E-state index contributed by atoms with van der Waals surface area (Å²) < 4.78 is 11.1. The predicted molar refractivity (Wildman–Crippen MR) is 90.2 cm³/mol. The standard InChI is InChI=1S/C18H17ClO4/c1-12-5-3-4-6-14(12)11-23-18-15(19)9-13(7-8-17(20)21)10-16(18)22-2/h3-10H,11H2,1-2H3,(H,20,21)/b8-7+. The summed E-state index contributed by atoms with van der Waals surface area (Å²) in [6, 6.07) is 11.2. The van der Waals surface area contributed by atoms with E-state index in [1.165, 1.54) is 13.2 Å². The highest BCUT2D eigenvalue weighted by Gasteiger charge is 2.12. The molecule has 0 aliphatic carbocycles. The Labute approximate surface area is 139 Å². The summed E-state index contributed by atoms with van der Waals surface area (Å²) in [5.74, 6) is -0.138. The van der Waals surface area contributed by atoms with E-state index in [1.807, 2.05) is 31.2 Å². The largest absolute Gasteiger partial charge is 0.493 e. The molecular formula is C18H17ClO4. The lowest BCUT2D eigenvalue weighted by Crippen LogP contribution is -2.00. The molecule has 2 aromatic carbocycles. The van der Waals surface area contributed by atoms with E-state index in [1.54, 1.807) is 12.1 Å². The molecule has 0 aliphatic heterocycles. The maximum absolute atomic E-state index is 10.6. The second-order valence-corrected chi connectivity index (χ2v) is 5.33. The molecular weight excluding hydrogens is 316 g/mol. The van der Waals surface area contributed by atoms with E-state index in [9.17, 15) is 4.79 Å². The van der Waals surface area contributed by atoms with E-state index in [0.717, 1.165) is 17.2 Å². The number of benzene rings is 2. The van der Waals surface area contributed by atoms with Crippen LogP contribution in [-0.2, 0) is 11.4 Å². The SMILES string of the molecule is COc1cc(/C=C/C(=O)O)cc(Cl)c1OCc1ccccc1C. The number of aryl methyl sites for hydroxylation is 1. The number of carboxylic acids is 1. The van der Waals surface area contributed by atoms with Crippen LogP contribution in [0.2, 0.25) is 5.02 Å². The molecule has 120 valence electrons. The van der Waals surface area contributed by atoms with E-state index in [4.69, 9.17) is 26.2 Å². The van der Waals surface area contributed by atoms with Crippen LogP contribution >= 0.6 is 11.6 Å². The molecule has 0 saturated carbocycles. The van der Waals surface area contributed by atoms with Crippen molar-refractivity contribution >= 4 is 23.6 Å². The Morgan fingerprint density at radius 2 is 2.04 bits per heavy atom. The number of hydrogen-bond donors (Lipinski definition) is 1. The molecule has 0 aromatic heterocycles. The minimum absolute atomic E-state index is 0.364. The fourth-order valence-corrected chi connectivity index (χ4v) is 2.34. The van der Waals surface area contributed by atoms with E-state index in [2.05, 4.69) is 0 Å². The van der Waals surface area contributed by atoms with Crippen molar-refractivity contribution in [3.05, 3.63) is 64.2 Å². The summed E-state index contributed by atoms with van der Waals surface area (Å²) in [5, 5.41) is 9.05. The Morgan fingerprint density at radius 1 is 1.30 bits per heavy atom. The number of carboxylic acid groups (broad SMARTS) is 1. The lowest BCUT2D eigenvalue weighted by molar-refractivity contribution is -0.131. The second kappa shape index (κ2) is 7.70. The molecule has 0 spiro atoms. The third kappa shape index (κ3) is 4.50. The Balaban J connectivity index is 2.24. The number of aliphatic carboxylic acids is 1. The summed E-state index contributed by atoms with van der Waals surface area (Å²) in [7, 11) is 1.51. The summed E-state index contributed by atoms with van der Waals surface area (Å²) in [6.07, 6.45) is 2.49. The number of rotatable bonds is 6. The van der Waals surface area contributed by atoms with Crippen LogP contribution in [0, 0.1) is 6.92 Å². The summed E-state index contributed by atoms with van der Waals surface area (Å²) in [5.41, 5.74) is 2.81. The van der Waals surface area contributed by atoms with Gasteiger partial charge in [0.25, 0.3) is 0 Å². The van der Waals surface area contributed by atoms with Crippen LogP contribution < -0.4 is 9.47 Å².